The molecule has 2 aromatic rings. The highest BCUT2D eigenvalue weighted by atomic mass is 16.5. The number of nitrogens with one attached hydrogen (secondary N) is 3. The minimum atomic E-state index is -0.761. The Bertz CT molecular complexity index is 1330. The zero-order valence-electron chi connectivity index (χ0n) is 24.0. The molecule has 2 amide bonds. The molecule has 5 rings (SSSR count). The molecule has 9 heteroatoms. The summed E-state index contributed by atoms with van der Waals surface area (Å²) in [6.07, 6.45) is 12.3. The molecule has 5 bridgehead atoms. The maximum Gasteiger partial charge on any atom is 0.325 e. The number of carbonyl (C=O) groups is 3. The van der Waals surface area contributed by atoms with E-state index in [4.69, 9.17) is 4.74 Å². The molecule has 2 aliphatic heterocycles. The highest BCUT2D eigenvalue weighted by Gasteiger charge is 2.35. The highest BCUT2D eigenvalue weighted by molar-refractivity contribution is 5.90. The zero-order chi connectivity index (χ0) is 28.9. The van der Waals surface area contributed by atoms with Gasteiger partial charge in [0.05, 0.1) is 5.69 Å². The fourth-order valence-corrected chi connectivity index (χ4v) is 6.02. The van der Waals surface area contributed by atoms with Gasteiger partial charge in [-0.2, -0.15) is 0 Å². The molecule has 41 heavy (non-hydrogen) atoms. The summed E-state index contributed by atoms with van der Waals surface area (Å²) >= 11 is 0. The van der Waals surface area contributed by atoms with E-state index in [1.807, 2.05) is 49.5 Å². The average Bonchev–Trinajstić information content (AvgIpc) is 2.99. The number of allylic oxidation sites excluding steroid dienone is 1. The first kappa shape index (κ1) is 28.8. The number of benzene rings is 1. The number of esters is 1. The summed E-state index contributed by atoms with van der Waals surface area (Å²) < 4.78 is 5.84. The smallest absolute Gasteiger partial charge is 0.325 e. The first-order valence-electron chi connectivity index (χ1n) is 14.9. The van der Waals surface area contributed by atoms with Crippen molar-refractivity contribution in [3.8, 4) is 0 Å². The maximum absolute atomic E-state index is 13.6. The molecule has 3 heterocycles. The molecule has 1 aliphatic carbocycles. The van der Waals surface area contributed by atoms with Crippen LogP contribution in [-0.2, 0) is 19.1 Å². The van der Waals surface area contributed by atoms with E-state index in [1.165, 1.54) is 11.4 Å². The van der Waals surface area contributed by atoms with Gasteiger partial charge in [-0.3, -0.25) is 24.4 Å². The van der Waals surface area contributed by atoms with Crippen molar-refractivity contribution in [2.24, 2.45) is 5.92 Å². The summed E-state index contributed by atoms with van der Waals surface area (Å²) in [5, 5.41) is 9.77. The number of aromatic nitrogens is 1. The van der Waals surface area contributed by atoms with Crippen LogP contribution in [0, 0.1) is 5.92 Å². The Morgan fingerprint density at radius 1 is 0.976 bits per heavy atom. The molecule has 218 valence electrons. The molecule has 0 spiro atoms. The van der Waals surface area contributed by atoms with Gasteiger partial charge in [0, 0.05) is 30.2 Å². The number of carbonyl (C=O) groups excluding carboxylic acids is 3. The first-order chi connectivity index (χ1) is 19.8. The van der Waals surface area contributed by atoms with E-state index in [0.717, 1.165) is 53.4 Å². The number of fused-ring (bicyclic) bond motifs is 4. The van der Waals surface area contributed by atoms with Crippen LogP contribution >= 0.6 is 0 Å². The van der Waals surface area contributed by atoms with E-state index in [1.54, 1.807) is 6.92 Å². The normalized spacial score (nSPS) is 28.1. The van der Waals surface area contributed by atoms with Crippen LogP contribution in [-0.4, -0.2) is 52.4 Å². The van der Waals surface area contributed by atoms with Crippen LogP contribution in [0.1, 0.15) is 82.6 Å². The highest BCUT2D eigenvalue weighted by Crippen LogP contribution is 2.28. The summed E-state index contributed by atoms with van der Waals surface area (Å²) in [6, 6.07) is 6.07. The molecular weight excluding hydrogens is 518 g/mol. The van der Waals surface area contributed by atoms with Crippen LogP contribution < -0.4 is 16.1 Å². The minimum Gasteiger partial charge on any atom is -0.457 e. The topological polar surface area (TPSA) is 113 Å². The molecule has 3 N–H and O–H groups in total. The predicted octanol–water partition coefficient (Wildman–Crippen LogP) is 4.31. The number of ether oxygens (including phenoxy) is 1. The van der Waals surface area contributed by atoms with Crippen molar-refractivity contribution in [3.63, 3.8) is 0 Å². The van der Waals surface area contributed by atoms with Crippen molar-refractivity contribution in [2.45, 2.75) is 89.4 Å². The van der Waals surface area contributed by atoms with E-state index in [2.05, 4.69) is 27.6 Å². The Balaban J connectivity index is 1.43. The molecular formula is C32H41N5O4. The molecule has 1 aromatic carbocycles. The molecule has 3 aliphatic rings. The van der Waals surface area contributed by atoms with Crippen molar-refractivity contribution in [2.75, 3.05) is 6.54 Å². The van der Waals surface area contributed by atoms with Crippen molar-refractivity contribution < 1.29 is 19.1 Å². The number of hydrogen-bond acceptors (Lipinski definition) is 7. The lowest BCUT2D eigenvalue weighted by molar-refractivity contribution is -0.157. The molecule has 1 aromatic heterocycles. The summed E-state index contributed by atoms with van der Waals surface area (Å²) in [7, 11) is 0. The van der Waals surface area contributed by atoms with Gasteiger partial charge in [-0.25, -0.2) is 5.43 Å². The molecule has 4 atom stereocenters. The molecule has 0 radical (unpaired) electrons. The third-order valence-corrected chi connectivity index (χ3v) is 8.41. The van der Waals surface area contributed by atoms with E-state index in [9.17, 15) is 14.4 Å². The van der Waals surface area contributed by atoms with Crippen LogP contribution in [0.3, 0.4) is 0 Å². The van der Waals surface area contributed by atoms with Gasteiger partial charge in [-0.1, -0.05) is 44.1 Å². The van der Waals surface area contributed by atoms with Gasteiger partial charge in [0.15, 0.2) is 0 Å². The number of pyridine rings is 1. The number of amides is 2. The second-order valence-electron chi connectivity index (χ2n) is 11.6. The van der Waals surface area contributed by atoms with Crippen molar-refractivity contribution in [1.29, 1.82) is 0 Å². The zero-order valence-corrected chi connectivity index (χ0v) is 24.0. The second-order valence-corrected chi connectivity index (χ2v) is 11.6. The van der Waals surface area contributed by atoms with Gasteiger partial charge in [-0.05, 0) is 74.6 Å². The van der Waals surface area contributed by atoms with Crippen LogP contribution in [0.25, 0.3) is 16.8 Å². The molecule has 2 fully saturated rings. The summed E-state index contributed by atoms with van der Waals surface area (Å²) in [4.78, 5) is 44.6. The number of hydrazine groups is 1. The van der Waals surface area contributed by atoms with Crippen LogP contribution in [0.2, 0.25) is 0 Å². The Labute approximate surface area is 241 Å². The maximum atomic E-state index is 13.6. The predicted molar refractivity (Wildman–Crippen MR) is 158 cm³/mol. The van der Waals surface area contributed by atoms with E-state index in [0.29, 0.717) is 25.8 Å². The largest absolute Gasteiger partial charge is 0.457 e. The van der Waals surface area contributed by atoms with E-state index >= 15 is 0 Å². The van der Waals surface area contributed by atoms with Gasteiger partial charge < -0.3 is 15.4 Å². The van der Waals surface area contributed by atoms with Gasteiger partial charge in [-0.15, -0.1) is 0 Å². The standard InChI is InChI=1S/C32H41N5O4/c1-20-9-7-12-27-18-26-17-24(14-15-25(26)19-33-27)22(3)41-32(40)28-13-8-16-37(36-28)31(39)21(2)35-30(38)29(34-20)23-10-5-4-6-11-23/h7,12,14-15,17-19,21-23,28-29,34,36H,1,4-6,8-11,13,16H2,2-3H3,(H,35,38)/b12-7+/t21-,22+,28-,29-/m0/s1. The fourth-order valence-electron chi connectivity index (χ4n) is 6.02. The van der Waals surface area contributed by atoms with Gasteiger partial charge in [0.2, 0.25) is 5.91 Å². The van der Waals surface area contributed by atoms with E-state index in [-0.39, 0.29) is 17.7 Å². The van der Waals surface area contributed by atoms with Crippen LogP contribution in [0.5, 0.6) is 0 Å². The fraction of sp³-hybridized carbons (Fsp3) is 0.500. The molecule has 0 unspecified atom stereocenters. The Morgan fingerprint density at radius 3 is 2.59 bits per heavy atom. The summed E-state index contributed by atoms with van der Waals surface area (Å²) in [6.45, 7) is 8.19. The Morgan fingerprint density at radius 2 is 1.78 bits per heavy atom. The summed E-state index contributed by atoms with van der Waals surface area (Å²) in [5.41, 5.74) is 5.48. The first-order valence-corrected chi connectivity index (χ1v) is 14.9. The number of cyclic esters (lactones) is 1. The Kier molecular flexibility index (Phi) is 9.03. The van der Waals surface area contributed by atoms with Gasteiger partial charge >= 0.3 is 5.97 Å². The Hall–Kier alpha value is -3.72. The third kappa shape index (κ3) is 6.96. The lowest BCUT2D eigenvalue weighted by atomic mass is 9.83. The van der Waals surface area contributed by atoms with Gasteiger partial charge in [0.1, 0.15) is 24.2 Å². The van der Waals surface area contributed by atoms with Crippen molar-refractivity contribution in [3.05, 3.63) is 60.1 Å². The van der Waals surface area contributed by atoms with Crippen molar-refractivity contribution >= 4 is 34.6 Å². The number of nitrogens with zero attached hydrogens (tertiary/aromatic N) is 2. The van der Waals surface area contributed by atoms with E-state index < -0.39 is 30.2 Å². The monoisotopic (exact) mass is 559 g/mol. The lowest BCUT2D eigenvalue weighted by Crippen LogP contribution is -2.60. The minimum absolute atomic E-state index is 0.166. The van der Waals surface area contributed by atoms with Crippen molar-refractivity contribution in [1.82, 2.24) is 26.1 Å². The molecule has 1 saturated carbocycles. The second kappa shape index (κ2) is 12.9. The summed E-state index contributed by atoms with van der Waals surface area (Å²) in [5.74, 6) is -0.728. The van der Waals surface area contributed by atoms with Crippen LogP contribution in [0.4, 0.5) is 0 Å². The van der Waals surface area contributed by atoms with Crippen LogP contribution in [0.15, 0.2) is 48.8 Å². The quantitative estimate of drug-likeness (QED) is 0.447. The SMILES string of the molecule is C=C1C/C=C/c2cc3cc(ccc3cn2)[C@@H](C)OC(=O)[C@@H]2CCCN(N2)C(=O)[C@H](C)NC(=O)[C@H](C2CCCCC2)N1. The lowest BCUT2D eigenvalue weighted by Gasteiger charge is -2.35. The number of hydrogen-bond donors (Lipinski definition) is 3. The average molecular weight is 560 g/mol. The molecule has 1 saturated heterocycles. The molecule has 9 nitrogen and oxygen atoms in total. The number of rotatable bonds is 1. The van der Waals surface area contributed by atoms with Gasteiger partial charge in [0.25, 0.3) is 5.91 Å². The third-order valence-electron chi connectivity index (χ3n) is 8.41.